The molecule has 0 amide bonds. The Balaban J connectivity index is 1.98. The number of aromatic nitrogens is 2. The van der Waals surface area contributed by atoms with Gasteiger partial charge >= 0.3 is 0 Å². The molecule has 1 saturated heterocycles. The number of nitrogens with one attached hydrogen (secondary N) is 2. The summed E-state index contributed by atoms with van der Waals surface area (Å²) < 4.78 is 11.2. The van der Waals surface area contributed by atoms with Crippen molar-refractivity contribution < 1.29 is 9.47 Å². The molecule has 2 N–H and O–H groups in total. The quantitative estimate of drug-likeness (QED) is 0.863. The average Bonchev–Trinajstić information content (AvgIpc) is 2.65. The lowest BCUT2D eigenvalue weighted by Crippen LogP contribution is -2.27. The lowest BCUT2D eigenvalue weighted by Gasteiger charge is -2.17. The minimum atomic E-state index is -0.531. The molecule has 0 saturated carbocycles. The van der Waals surface area contributed by atoms with Gasteiger partial charge in [-0.25, -0.2) is 4.98 Å². The van der Waals surface area contributed by atoms with Crippen molar-refractivity contribution >= 4 is 5.82 Å². The first-order valence-corrected chi connectivity index (χ1v) is 6.52. The van der Waals surface area contributed by atoms with Gasteiger partial charge in [0.05, 0.1) is 6.61 Å². The molecule has 6 heteroatoms. The summed E-state index contributed by atoms with van der Waals surface area (Å²) in [5.74, 6) is 0.899. The third kappa shape index (κ3) is 3.78. The molecule has 1 aromatic heterocycles. The van der Waals surface area contributed by atoms with Gasteiger partial charge in [-0.1, -0.05) is 13.8 Å². The maximum atomic E-state index is 11.5. The van der Waals surface area contributed by atoms with Crippen LogP contribution in [0.15, 0.2) is 10.9 Å². The predicted octanol–water partition coefficient (Wildman–Crippen LogP) is 1.46. The monoisotopic (exact) mass is 267 g/mol. The van der Waals surface area contributed by atoms with Crippen molar-refractivity contribution in [2.45, 2.75) is 45.5 Å². The van der Waals surface area contributed by atoms with Crippen molar-refractivity contribution in [3.05, 3.63) is 22.2 Å². The highest BCUT2D eigenvalue weighted by Gasteiger charge is 2.32. The van der Waals surface area contributed by atoms with Crippen LogP contribution in [0.25, 0.3) is 0 Å². The number of hydrogen-bond acceptors (Lipinski definition) is 5. The molecule has 2 heterocycles. The van der Waals surface area contributed by atoms with Gasteiger partial charge in [-0.15, -0.1) is 0 Å². The van der Waals surface area contributed by atoms with E-state index in [0.29, 0.717) is 24.8 Å². The Morgan fingerprint density at radius 2 is 2.32 bits per heavy atom. The van der Waals surface area contributed by atoms with Crippen LogP contribution in [0.5, 0.6) is 0 Å². The first-order valence-electron chi connectivity index (χ1n) is 6.52. The normalized spacial score (nSPS) is 21.8. The summed E-state index contributed by atoms with van der Waals surface area (Å²) in [7, 11) is 0. The third-order valence-corrected chi connectivity index (χ3v) is 2.89. The van der Waals surface area contributed by atoms with Gasteiger partial charge in [-0.3, -0.25) is 4.79 Å². The summed E-state index contributed by atoms with van der Waals surface area (Å²) in [4.78, 5) is 18.6. The van der Waals surface area contributed by atoms with Crippen LogP contribution < -0.4 is 10.9 Å². The second-order valence-corrected chi connectivity index (χ2v) is 5.50. The fraction of sp³-hybridized carbons (Fsp3) is 0.692. The molecule has 6 nitrogen and oxygen atoms in total. The van der Waals surface area contributed by atoms with E-state index in [4.69, 9.17) is 9.47 Å². The highest BCUT2D eigenvalue weighted by molar-refractivity contribution is 5.33. The van der Waals surface area contributed by atoms with Crippen LogP contribution in [0.1, 0.15) is 39.4 Å². The first-order chi connectivity index (χ1) is 8.85. The first kappa shape index (κ1) is 14.0. The van der Waals surface area contributed by atoms with Gasteiger partial charge in [0, 0.05) is 18.5 Å². The number of H-pyrrole nitrogens is 1. The summed E-state index contributed by atoms with van der Waals surface area (Å²) in [6.45, 7) is 8.85. The molecule has 0 radical (unpaired) electrons. The van der Waals surface area contributed by atoms with Crippen LogP contribution in [0, 0.1) is 0 Å². The molecular formula is C13H21N3O3. The third-order valence-electron chi connectivity index (χ3n) is 2.89. The lowest BCUT2D eigenvalue weighted by atomic mass is 10.2. The Kier molecular flexibility index (Phi) is 3.91. The van der Waals surface area contributed by atoms with Crippen LogP contribution in [0.2, 0.25) is 0 Å². The fourth-order valence-electron chi connectivity index (χ4n) is 1.92. The van der Waals surface area contributed by atoms with E-state index < -0.39 is 5.79 Å². The Hall–Kier alpha value is -1.40. The molecule has 1 fully saturated rings. The molecule has 106 valence electrons. The number of ether oxygens (including phenoxy) is 2. The maximum absolute atomic E-state index is 11.5. The maximum Gasteiger partial charge on any atom is 0.252 e. The van der Waals surface area contributed by atoms with Crippen molar-refractivity contribution in [2.75, 3.05) is 18.5 Å². The Morgan fingerprint density at radius 1 is 1.58 bits per heavy atom. The summed E-state index contributed by atoms with van der Waals surface area (Å²) in [5, 5.41) is 3.12. The zero-order valence-corrected chi connectivity index (χ0v) is 11.8. The Bertz CT molecular complexity index is 496. The molecule has 0 bridgehead atoms. The van der Waals surface area contributed by atoms with Crippen molar-refractivity contribution in [1.29, 1.82) is 0 Å². The zero-order chi connectivity index (χ0) is 14.0. The van der Waals surface area contributed by atoms with Gasteiger partial charge in [0.2, 0.25) is 0 Å². The molecule has 1 unspecified atom stereocenters. The number of rotatable bonds is 4. The molecule has 1 aromatic rings. The molecule has 0 aliphatic carbocycles. The molecule has 0 spiro atoms. The SMILES string of the molecule is CC(C)c1nc(NCC2COC(C)(C)O2)cc(=O)[nH]1. The van der Waals surface area contributed by atoms with E-state index in [-0.39, 0.29) is 17.6 Å². The highest BCUT2D eigenvalue weighted by atomic mass is 16.7. The molecule has 1 atom stereocenters. The highest BCUT2D eigenvalue weighted by Crippen LogP contribution is 2.22. The smallest absolute Gasteiger partial charge is 0.252 e. The van der Waals surface area contributed by atoms with Crippen LogP contribution in [0.3, 0.4) is 0 Å². The molecule has 2 rings (SSSR count). The summed E-state index contributed by atoms with van der Waals surface area (Å²) in [5.41, 5.74) is -0.148. The van der Waals surface area contributed by atoms with Gasteiger partial charge in [0.25, 0.3) is 5.56 Å². The summed E-state index contributed by atoms with van der Waals surface area (Å²) in [6, 6.07) is 1.45. The van der Waals surface area contributed by atoms with Crippen LogP contribution in [-0.4, -0.2) is 35.0 Å². The van der Waals surface area contributed by atoms with Crippen LogP contribution in [-0.2, 0) is 9.47 Å². The second kappa shape index (κ2) is 5.30. The second-order valence-electron chi connectivity index (χ2n) is 5.50. The number of hydrogen-bond donors (Lipinski definition) is 2. The van der Waals surface area contributed by atoms with Gasteiger partial charge in [-0.2, -0.15) is 0 Å². The number of aromatic amines is 1. The molecule has 0 aromatic carbocycles. The van der Waals surface area contributed by atoms with Crippen LogP contribution in [0.4, 0.5) is 5.82 Å². The summed E-state index contributed by atoms with van der Waals surface area (Å²) >= 11 is 0. The van der Waals surface area contributed by atoms with Gasteiger partial charge in [0.1, 0.15) is 17.7 Å². The van der Waals surface area contributed by atoms with E-state index in [2.05, 4.69) is 15.3 Å². The molecule has 1 aliphatic heterocycles. The summed E-state index contributed by atoms with van der Waals surface area (Å²) in [6.07, 6.45) is -0.0291. The standard InChI is InChI=1S/C13H21N3O3/c1-8(2)12-15-10(5-11(17)16-12)14-6-9-7-18-13(3,4)19-9/h5,8-9H,6-7H2,1-4H3,(H2,14,15,16,17). The van der Waals surface area contributed by atoms with Gasteiger partial charge < -0.3 is 19.8 Å². The average molecular weight is 267 g/mol. The Morgan fingerprint density at radius 3 is 2.89 bits per heavy atom. The van der Waals surface area contributed by atoms with Crippen LogP contribution >= 0.6 is 0 Å². The predicted molar refractivity (Wildman–Crippen MR) is 72.3 cm³/mol. The van der Waals surface area contributed by atoms with Crippen molar-refractivity contribution in [1.82, 2.24) is 9.97 Å². The Labute approximate surface area is 112 Å². The minimum Gasteiger partial charge on any atom is -0.367 e. The zero-order valence-electron chi connectivity index (χ0n) is 11.8. The van der Waals surface area contributed by atoms with E-state index in [1.54, 1.807) is 0 Å². The number of nitrogens with zero attached hydrogens (tertiary/aromatic N) is 1. The van der Waals surface area contributed by atoms with Crippen molar-refractivity contribution in [3.8, 4) is 0 Å². The largest absolute Gasteiger partial charge is 0.367 e. The van der Waals surface area contributed by atoms with E-state index in [0.717, 1.165) is 0 Å². The van der Waals surface area contributed by atoms with Crippen molar-refractivity contribution in [2.24, 2.45) is 0 Å². The topological polar surface area (TPSA) is 76.2 Å². The van der Waals surface area contributed by atoms with E-state index >= 15 is 0 Å². The van der Waals surface area contributed by atoms with Crippen molar-refractivity contribution in [3.63, 3.8) is 0 Å². The molecule has 1 aliphatic rings. The van der Waals surface area contributed by atoms with Gasteiger partial charge in [-0.05, 0) is 13.8 Å². The van der Waals surface area contributed by atoms with E-state index in [1.165, 1.54) is 6.07 Å². The fourth-order valence-corrected chi connectivity index (χ4v) is 1.92. The van der Waals surface area contributed by atoms with Gasteiger partial charge in [0.15, 0.2) is 5.79 Å². The van der Waals surface area contributed by atoms with E-state index in [1.807, 2.05) is 27.7 Å². The molecular weight excluding hydrogens is 246 g/mol. The van der Waals surface area contributed by atoms with E-state index in [9.17, 15) is 4.79 Å². The number of anilines is 1. The molecule has 19 heavy (non-hydrogen) atoms. The minimum absolute atomic E-state index is 0.0291. The lowest BCUT2D eigenvalue weighted by molar-refractivity contribution is -0.136.